The average molecular weight is 498 g/mol. The molecule has 0 bridgehead atoms. The van der Waals surface area contributed by atoms with Crippen molar-refractivity contribution in [1.82, 2.24) is 15.0 Å². The minimum atomic E-state index is 0.0432. The third kappa shape index (κ3) is 8.81. The lowest BCUT2D eigenvalue weighted by Crippen LogP contribution is -2.11. The molecule has 1 heterocycles. The van der Waals surface area contributed by atoms with E-state index in [1.807, 2.05) is 60.7 Å². The number of benzene rings is 3. The Kier molecular flexibility index (Phi) is 9.23. The normalized spacial score (nSPS) is 10.5. The molecule has 9 nitrogen and oxygen atoms in total. The predicted octanol–water partition coefficient (Wildman–Crippen LogP) is 6.07. The molecule has 1 aromatic heterocycles. The van der Waals surface area contributed by atoms with Gasteiger partial charge in [0.1, 0.15) is 5.75 Å². The zero-order valence-electron chi connectivity index (χ0n) is 20.5. The van der Waals surface area contributed by atoms with Gasteiger partial charge >= 0.3 is 0 Å². The molecule has 37 heavy (non-hydrogen) atoms. The van der Waals surface area contributed by atoms with Crippen LogP contribution in [0.1, 0.15) is 32.1 Å². The number of rotatable bonds is 13. The number of carbonyl (C=O) groups excluding carboxylic acids is 1. The van der Waals surface area contributed by atoms with Crippen LogP contribution in [0.4, 0.5) is 34.9 Å². The van der Waals surface area contributed by atoms with Crippen molar-refractivity contribution >= 4 is 40.8 Å². The Bertz CT molecular complexity index is 1250. The van der Waals surface area contributed by atoms with E-state index in [1.54, 1.807) is 24.3 Å². The Hall–Kier alpha value is -4.66. The summed E-state index contributed by atoms with van der Waals surface area (Å²) in [4.78, 5) is 25.5. The molecule has 0 spiro atoms. The second-order valence-corrected chi connectivity index (χ2v) is 8.47. The fraction of sp³-hybridized carbons (Fsp3) is 0.214. The van der Waals surface area contributed by atoms with Gasteiger partial charge in [-0.15, -0.1) is 0 Å². The second kappa shape index (κ2) is 13.4. The van der Waals surface area contributed by atoms with Crippen molar-refractivity contribution in [3.05, 3.63) is 84.9 Å². The van der Waals surface area contributed by atoms with Gasteiger partial charge < -0.3 is 26.4 Å². The van der Waals surface area contributed by atoms with Gasteiger partial charge in [0.2, 0.25) is 23.8 Å². The van der Waals surface area contributed by atoms with Gasteiger partial charge in [-0.05, 0) is 61.4 Å². The number of carbonyl (C=O) groups is 1. The third-order valence-electron chi connectivity index (χ3n) is 5.46. The molecule has 190 valence electrons. The number of phenolic OH excluding ortho intramolecular Hbond substituents is 1. The Labute approximate surface area is 216 Å². The van der Waals surface area contributed by atoms with Crippen LogP contribution in [0.15, 0.2) is 84.9 Å². The Morgan fingerprint density at radius 3 is 1.81 bits per heavy atom. The summed E-state index contributed by atoms with van der Waals surface area (Å²) < 4.78 is 0. The maximum Gasteiger partial charge on any atom is 0.233 e. The first-order chi connectivity index (χ1) is 18.1. The van der Waals surface area contributed by atoms with Gasteiger partial charge in [0, 0.05) is 30.0 Å². The number of amides is 1. The summed E-state index contributed by atoms with van der Waals surface area (Å²) in [5, 5.41) is 22.1. The summed E-state index contributed by atoms with van der Waals surface area (Å²) in [5.41, 5.74) is 2.44. The van der Waals surface area contributed by atoms with Crippen molar-refractivity contribution in [2.45, 2.75) is 32.1 Å². The first-order valence-corrected chi connectivity index (χ1v) is 12.4. The summed E-state index contributed by atoms with van der Waals surface area (Å²) in [5.74, 6) is 1.48. The second-order valence-electron chi connectivity index (χ2n) is 8.47. The molecule has 4 rings (SSSR count). The fourth-order valence-corrected chi connectivity index (χ4v) is 3.60. The maximum atomic E-state index is 12.1. The first-order valence-electron chi connectivity index (χ1n) is 12.4. The van der Waals surface area contributed by atoms with Gasteiger partial charge in [-0.25, -0.2) is 0 Å². The number of unbranched alkanes of at least 4 members (excludes halogenated alkanes) is 3. The van der Waals surface area contributed by atoms with E-state index in [0.29, 0.717) is 30.8 Å². The molecule has 4 aromatic rings. The van der Waals surface area contributed by atoms with Crippen LogP contribution < -0.4 is 21.3 Å². The molecular formula is C28H31N7O2. The van der Waals surface area contributed by atoms with E-state index < -0.39 is 0 Å². The Morgan fingerprint density at radius 2 is 1.16 bits per heavy atom. The highest BCUT2D eigenvalue weighted by atomic mass is 16.3. The van der Waals surface area contributed by atoms with Gasteiger partial charge in [0.05, 0.1) is 0 Å². The zero-order chi connectivity index (χ0) is 25.7. The smallest absolute Gasteiger partial charge is 0.233 e. The number of phenols is 1. The third-order valence-corrected chi connectivity index (χ3v) is 5.46. The number of hydrogen-bond acceptors (Lipinski definition) is 8. The summed E-state index contributed by atoms with van der Waals surface area (Å²) >= 11 is 0. The first kappa shape index (κ1) is 25.4. The lowest BCUT2D eigenvalue weighted by Gasteiger charge is -2.11. The summed E-state index contributed by atoms with van der Waals surface area (Å²) in [6.45, 7) is 0.698. The van der Waals surface area contributed by atoms with Crippen LogP contribution in [0.25, 0.3) is 0 Å². The fourth-order valence-electron chi connectivity index (χ4n) is 3.60. The molecule has 0 saturated carbocycles. The quantitative estimate of drug-likeness (QED) is 0.111. The van der Waals surface area contributed by atoms with Crippen LogP contribution in [0, 0.1) is 0 Å². The van der Waals surface area contributed by atoms with Crippen molar-refractivity contribution in [3.8, 4) is 5.75 Å². The van der Waals surface area contributed by atoms with Crippen LogP contribution >= 0.6 is 0 Å². The minimum Gasteiger partial charge on any atom is -0.508 e. The summed E-state index contributed by atoms with van der Waals surface area (Å²) in [6.07, 6.45) is 4.24. The van der Waals surface area contributed by atoms with E-state index >= 15 is 0 Å². The van der Waals surface area contributed by atoms with Crippen molar-refractivity contribution in [3.63, 3.8) is 0 Å². The highest BCUT2D eigenvalue weighted by Crippen LogP contribution is 2.20. The number of hydrogen-bond donors (Lipinski definition) is 5. The maximum absolute atomic E-state index is 12.1. The zero-order valence-corrected chi connectivity index (χ0v) is 20.5. The van der Waals surface area contributed by atoms with E-state index in [1.165, 1.54) is 0 Å². The number of aromatic hydroxyl groups is 1. The molecular weight excluding hydrogens is 466 g/mol. The van der Waals surface area contributed by atoms with Gasteiger partial charge in [0.25, 0.3) is 0 Å². The monoisotopic (exact) mass is 497 g/mol. The van der Waals surface area contributed by atoms with E-state index in [-0.39, 0.29) is 11.7 Å². The van der Waals surface area contributed by atoms with Gasteiger partial charge in [-0.3, -0.25) is 4.79 Å². The average Bonchev–Trinajstić information content (AvgIpc) is 2.90. The van der Waals surface area contributed by atoms with Crippen LogP contribution in [0.3, 0.4) is 0 Å². The number of nitrogens with one attached hydrogen (secondary N) is 4. The lowest BCUT2D eigenvalue weighted by molar-refractivity contribution is -0.116. The molecule has 0 aliphatic carbocycles. The van der Waals surface area contributed by atoms with Gasteiger partial charge in [0.15, 0.2) is 0 Å². The number of anilines is 6. The predicted molar refractivity (Wildman–Crippen MR) is 148 cm³/mol. The van der Waals surface area contributed by atoms with Crippen LogP contribution in [-0.4, -0.2) is 32.5 Å². The minimum absolute atomic E-state index is 0.0432. The molecule has 0 atom stereocenters. The standard InChI is InChI=1S/C28H31N7O2/c36-24-18-16-23(17-19-24)32-28-34-26(33-27(35-28)31-22-13-7-4-8-14-22)29-20-10-2-1-9-15-25(37)30-21-11-5-3-6-12-21/h3-8,11-14,16-19,36H,1-2,9-10,15,20H2,(H,30,37)(H3,29,31,32,33,34,35). The molecule has 0 aliphatic rings. The number of nitrogens with zero attached hydrogens (tertiary/aromatic N) is 3. The lowest BCUT2D eigenvalue weighted by atomic mass is 10.1. The molecule has 0 unspecified atom stereocenters. The van der Waals surface area contributed by atoms with E-state index in [4.69, 9.17) is 0 Å². The largest absolute Gasteiger partial charge is 0.508 e. The topological polar surface area (TPSA) is 124 Å². The highest BCUT2D eigenvalue weighted by Gasteiger charge is 2.08. The summed E-state index contributed by atoms with van der Waals surface area (Å²) in [6, 6.07) is 25.9. The molecule has 0 saturated heterocycles. The summed E-state index contributed by atoms with van der Waals surface area (Å²) in [7, 11) is 0. The van der Waals surface area contributed by atoms with Crippen molar-refractivity contribution < 1.29 is 9.90 Å². The van der Waals surface area contributed by atoms with Crippen molar-refractivity contribution in [2.24, 2.45) is 0 Å². The van der Waals surface area contributed by atoms with E-state index in [9.17, 15) is 9.90 Å². The molecule has 1 amide bonds. The molecule has 9 heteroatoms. The van der Waals surface area contributed by atoms with Gasteiger partial charge in [-0.1, -0.05) is 49.2 Å². The van der Waals surface area contributed by atoms with E-state index in [2.05, 4.69) is 36.2 Å². The van der Waals surface area contributed by atoms with Crippen molar-refractivity contribution in [1.29, 1.82) is 0 Å². The SMILES string of the molecule is O=C(CCCCCCNc1nc(Nc2ccccc2)nc(Nc2ccc(O)cc2)n1)Nc1ccccc1. The molecule has 0 radical (unpaired) electrons. The number of para-hydroxylation sites is 2. The highest BCUT2D eigenvalue weighted by molar-refractivity contribution is 5.90. The van der Waals surface area contributed by atoms with Crippen LogP contribution in [-0.2, 0) is 4.79 Å². The number of aromatic nitrogens is 3. The van der Waals surface area contributed by atoms with Crippen molar-refractivity contribution in [2.75, 3.05) is 27.8 Å². The molecule has 3 aromatic carbocycles. The van der Waals surface area contributed by atoms with E-state index in [0.717, 1.165) is 42.7 Å². The Balaban J connectivity index is 1.26. The van der Waals surface area contributed by atoms with Gasteiger partial charge in [-0.2, -0.15) is 15.0 Å². The molecule has 0 fully saturated rings. The molecule has 0 aliphatic heterocycles. The molecule has 5 N–H and O–H groups in total. The Morgan fingerprint density at radius 1 is 0.622 bits per heavy atom. The van der Waals surface area contributed by atoms with Crippen LogP contribution in [0.2, 0.25) is 0 Å². The van der Waals surface area contributed by atoms with Crippen LogP contribution in [0.5, 0.6) is 5.75 Å².